The summed E-state index contributed by atoms with van der Waals surface area (Å²) in [5.74, 6) is 0.0227. The van der Waals surface area contributed by atoms with Gasteiger partial charge in [0.05, 0.1) is 12.1 Å². The van der Waals surface area contributed by atoms with Gasteiger partial charge in [-0.25, -0.2) is 0 Å². The standard InChI is InChI=1S/C14H27N3O2/c15-12-4-8-17(9-5-12)10-13(18)16-11-14(19)6-2-1-3-7-14/h12,19H,1-11,15H2,(H,16,18). The fourth-order valence-corrected chi connectivity index (χ4v) is 3.02. The molecule has 1 saturated heterocycles. The van der Waals surface area contributed by atoms with E-state index in [9.17, 15) is 9.90 Å². The first-order valence-corrected chi connectivity index (χ1v) is 7.54. The molecular weight excluding hydrogens is 242 g/mol. The van der Waals surface area contributed by atoms with Crippen molar-refractivity contribution in [3.8, 4) is 0 Å². The number of rotatable bonds is 4. The molecule has 5 heteroatoms. The monoisotopic (exact) mass is 269 g/mol. The number of aliphatic hydroxyl groups is 1. The molecule has 2 rings (SSSR count). The molecule has 0 aromatic heterocycles. The summed E-state index contributed by atoms with van der Waals surface area (Å²) >= 11 is 0. The molecular formula is C14H27N3O2. The highest BCUT2D eigenvalue weighted by Crippen LogP contribution is 2.27. The van der Waals surface area contributed by atoms with Crippen molar-refractivity contribution in [1.82, 2.24) is 10.2 Å². The summed E-state index contributed by atoms with van der Waals surface area (Å²) in [4.78, 5) is 14.0. The predicted octanol–water partition coefficient (Wildman–Crippen LogP) is 0.221. The van der Waals surface area contributed by atoms with Crippen molar-refractivity contribution in [1.29, 1.82) is 0 Å². The highest BCUT2D eigenvalue weighted by atomic mass is 16.3. The number of amides is 1. The Morgan fingerprint density at radius 3 is 2.53 bits per heavy atom. The summed E-state index contributed by atoms with van der Waals surface area (Å²) in [7, 11) is 0. The van der Waals surface area contributed by atoms with Crippen LogP contribution in [0.2, 0.25) is 0 Å². The highest BCUT2D eigenvalue weighted by Gasteiger charge is 2.29. The van der Waals surface area contributed by atoms with Crippen LogP contribution in [0, 0.1) is 0 Å². The number of hydrogen-bond acceptors (Lipinski definition) is 4. The van der Waals surface area contributed by atoms with E-state index in [2.05, 4.69) is 10.2 Å². The molecule has 110 valence electrons. The normalized spacial score (nSPS) is 25.2. The van der Waals surface area contributed by atoms with Gasteiger partial charge in [-0.2, -0.15) is 0 Å². The Balaban J connectivity index is 1.66. The lowest BCUT2D eigenvalue weighted by atomic mass is 9.85. The molecule has 1 heterocycles. The molecule has 0 bridgehead atoms. The Morgan fingerprint density at radius 2 is 1.89 bits per heavy atom. The van der Waals surface area contributed by atoms with Gasteiger partial charge in [-0.05, 0) is 25.7 Å². The molecule has 0 unspecified atom stereocenters. The van der Waals surface area contributed by atoms with Crippen LogP contribution in [0.3, 0.4) is 0 Å². The van der Waals surface area contributed by atoms with Crippen LogP contribution < -0.4 is 11.1 Å². The maximum Gasteiger partial charge on any atom is 0.234 e. The van der Waals surface area contributed by atoms with Crippen LogP contribution in [0.1, 0.15) is 44.9 Å². The van der Waals surface area contributed by atoms with Gasteiger partial charge in [-0.3, -0.25) is 9.69 Å². The first-order chi connectivity index (χ1) is 9.07. The first-order valence-electron chi connectivity index (χ1n) is 7.54. The largest absolute Gasteiger partial charge is 0.388 e. The van der Waals surface area contributed by atoms with Gasteiger partial charge in [0.2, 0.25) is 5.91 Å². The minimum Gasteiger partial charge on any atom is -0.388 e. The summed E-state index contributed by atoms with van der Waals surface area (Å²) < 4.78 is 0. The van der Waals surface area contributed by atoms with Crippen molar-refractivity contribution in [2.45, 2.75) is 56.6 Å². The Labute approximate surface area is 115 Å². The number of nitrogens with two attached hydrogens (primary N) is 1. The minimum atomic E-state index is -0.668. The van der Waals surface area contributed by atoms with Crippen LogP contribution in [0.4, 0.5) is 0 Å². The fraction of sp³-hybridized carbons (Fsp3) is 0.929. The highest BCUT2D eigenvalue weighted by molar-refractivity contribution is 5.78. The average molecular weight is 269 g/mol. The zero-order chi connectivity index (χ0) is 13.7. The van der Waals surface area contributed by atoms with E-state index in [4.69, 9.17) is 5.73 Å². The maximum absolute atomic E-state index is 11.9. The maximum atomic E-state index is 11.9. The first kappa shape index (κ1) is 14.8. The van der Waals surface area contributed by atoms with Gasteiger partial charge in [0.1, 0.15) is 0 Å². The topological polar surface area (TPSA) is 78.6 Å². The predicted molar refractivity (Wildman–Crippen MR) is 74.7 cm³/mol. The molecule has 0 spiro atoms. The Bertz CT molecular complexity index is 295. The van der Waals surface area contributed by atoms with E-state index in [1.807, 2.05) is 0 Å². The third-order valence-electron chi connectivity index (χ3n) is 4.40. The lowest BCUT2D eigenvalue weighted by molar-refractivity contribution is -0.124. The summed E-state index contributed by atoms with van der Waals surface area (Å²) in [6.07, 6.45) is 6.89. The van der Waals surface area contributed by atoms with Crippen LogP contribution in [0.15, 0.2) is 0 Å². The van der Waals surface area contributed by atoms with E-state index in [1.54, 1.807) is 0 Å². The van der Waals surface area contributed by atoms with Crippen molar-refractivity contribution < 1.29 is 9.90 Å². The second-order valence-corrected chi connectivity index (χ2v) is 6.18. The molecule has 0 aromatic rings. The smallest absolute Gasteiger partial charge is 0.234 e. The quantitative estimate of drug-likeness (QED) is 0.682. The minimum absolute atomic E-state index is 0.0227. The third-order valence-corrected chi connectivity index (χ3v) is 4.40. The van der Waals surface area contributed by atoms with E-state index < -0.39 is 5.60 Å². The van der Waals surface area contributed by atoms with E-state index in [0.29, 0.717) is 19.1 Å². The van der Waals surface area contributed by atoms with Gasteiger partial charge in [0.25, 0.3) is 0 Å². The van der Waals surface area contributed by atoms with Crippen molar-refractivity contribution in [2.24, 2.45) is 5.73 Å². The lowest BCUT2D eigenvalue weighted by Crippen LogP contribution is -2.48. The molecule has 5 nitrogen and oxygen atoms in total. The van der Waals surface area contributed by atoms with E-state index in [1.165, 1.54) is 6.42 Å². The van der Waals surface area contributed by atoms with Crippen molar-refractivity contribution >= 4 is 5.91 Å². The van der Waals surface area contributed by atoms with Crippen LogP contribution in [0.25, 0.3) is 0 Å². The van der Waals surface area contributed by atoms with Gasteiger partial charge in [0.15, 0.2) is 0 Å². The summed E-state index contributed by atoms with van der Waals surface area (Å²) in [6, 6.07) is 0.294. The van der Waals surface area contributed by atoms with Crippen molar-refractivity contribution in [3.63, 3.8) is 0 Å². The molecule has 0 aromatic carbocycles. The molecule has 19 heavy (non-hydrogen) atoms. The lowest BCUT2D eigenvalue weighted by Gasteiger charge is -2.33. The van der Waals surface area contributed by atoms with Gasteiger partial charge in [-0.15, -0.1) is 0 Å². The molecule has 0 atom stereocenters. The average Bonchev–Trinajstić information content (AvgIpc) is 2.40. The van der Waals surface area contributed by atoms with Crippen molar-refractivity contribution in [3.05, 3.63) is 0 Å². The number of likely N-dealkylation sites (tertiary alicyclic amines) is 1. The van der Waals surface area contributed by atoms with Gasteiger partial charge >= 0.3 is 0 Å². The number of nitrogens with zero attached hydrogens (tertiary/aromatic N) is 1. The SMILES string of the molecule is NC1CCN(CC(=O)NCC2(O)CCCCC2)CC1. The molecule has 2 aliphatic rings. The van der Waals surface area contributed by atoms with Crippen LogP contribution >= 0.6 is 0 Å². The number of piperidine rings is 1. The molecule has 0 radical (unpaired) electrons. The van der Waals surface area contributed by atoms with Gasteiger partial charge in [0, 0.05) is 25.7 Å². The zero-order valence-electron chi connectivity index (χ0n) is 11.7. The third kappa shape index (κ3) is 4.75. The number of carbonyl (C=O) groups excluding carboxylic acids is 1. The van der Waals surface area contributed by atoms with Crippen LogP contribution in [-0.4, -0.2) is 53.7 Å². The summed E-state index contributed by atoms with van der Waals surface area (Å²) in [5, 5.41) is 13.2. The zero-order valence-corrected chi connectivity index (χ0v) is 11.7. The molecule has 4 N–H and O–H groups in total. The number of carbonyl (C=O) groups is 1. The molecule has 1 saturated carbocycles. The Hall–Kier alpha value is -0.650. The van der Waals surface area contributed by atoms with Crippen LogP contribution in [-0.2, 0) is 4.79 Å². The van der Waals surface area contributed by atoms with E-state index in [-0.39, 0.29) is 5.91 Å². The van der Waals surface area contributed by atoms with Crippen molar-refractivity contribution in [2.75, 3.05) is 26.2 Å². The summed E-state index contributed by atoms with van der Waals surface area (Å²) in [6.45, 7) is 2.64. The Morgan fingerprint density at radius 1 is 1.26 bits per heavy atom. The molecule has 1 amide bonds. The van der Waals surface area contributed by atoms with Gasteiger partial charge < -0.3 is 16.2 Å². The number of hydrogen-bond donors (Lipinski definition) is 3. The second-order valence-electron chi connectivity index (χ2n) is 6.18. The second kappa shape index (κ2) is 6.68. The molecule has 1 aliphatic heterocycles. The van der Waals surface area contributed by atoms with Gasteiger partial charge in [-0.1, -0.05) is 19.3 Å². The van der Waals surface area contributed by atoms with E-state index >= 15 is 0 Å². The van der Waals surface area contributed by atoms with Crippen LogP contribution in [0.5, 0.6) is 0 Å². The number of nitrogens with one attached hydrogen (secondary N) is 1. The van der Waals surface area contributed by atoms with E-state index in [0.717, 1.165) is 51.6 Å². The fourth-order valence-electron chi connectivity index (χ4n) is 3.02. The molecule has 1 aliphatic carbocycles. The Kier molecular flexibility index (Phi) is 5.19. The summed E-state index contributed by atoms with van der Waals surface area (Å²) in [5.41, 5.74) is 5.17. The molecule has 2 fully saturated rings.